The first-order chi connectivity index (χ1) is 11.8. The molecule has 0 aromatic carbocycles. The number of hydrogen-bond donors (Lipinski definition) is 2. The molecular weight excluding hydrogens is 337 g/mol. The molecule has 0 bridgehead atoms. The van der Waals surface area contributed by atoms with Crippen molar-refractivity contribution in [3.05, 3.63) is 23.9 Å². The van der Waals surface area contributed by atoms with Gasteiger partial charge in [-0.3, -0.25) is 0 Å². The van der Waals surface area contributed by atoms with Gasteiger partial charge >= 0.3 is 12.2 Å². The minimum Gasteiger partial charge on any atom is -0.370 e. The maximum Gasteiger partial charge on any atom is 0.411 e. The van der Waals surface area contributed by atoms with Gasteiger partial charge in [0.05, 0.1) is 12.6 Å². The van der Waals surface area contributed by atoms with Gasteiger partial charge in [0, 0.05) is 25.8 Å². The number of anilines is 1. The first-order valence-electron chi connectivity index (χ1n) is 8.22. The molecule has 6 nitrogen and oxygen atoms in total. The van der Waals surface area contributed by atoms with E-state index in [-0.39, 0.29) is 13.2 Å². The second kappa shape index (κ2) is 8.89. The number of aromatic nitrogens is 1. The van der Waals surface area contributed by atoms with Crippen molar-refractivity contribution in [3.63, 3.8) is 0 Å². The topological polar surface area (TPSA) is 66.5 Å². The Morgan fingerprint density at radius 3 is 2.68 bits per heavy atom. The molecule has 1 unspecified atom stereocenters. The Labute approximate surface area is 144 Å². The van der Waals surface area contributed by atoms with E-state index in [9.17, 15) is 18.0 Å². The van der Waals surface area contributed by atoms with Gasteiger partial charge in [0.15, 0.2) is 0 Å². The summed E-state index contributed by atoms with van der Waals surface area (Å²) in [6, 6.07) is 2.83. The summed E-state index contributed by atoms with van der Waals surface area (Å²) in [5.41, 5.74) is 0.846. The van der Waals surface area contributed by atoms with Crippen LogP contribution in [0.25, 0.3) is 0 Å². The molecule has 0 saturated carbocycles. The van der Waals surface area contributed by atoms with Crippen molar-refractivity contribution in [2.75, 3.05) is 31.2 Å². The van der Waals surface area contributed by atoms with Crippen LogP contribution in [-0.2, 0) is 11.3 Å². The average molecular weight is 360 g/mol. The third-order valence-electron chi connectivity index (χ3n) is 3.70. The molecule has 2 heterocycles. The Hall–Kier alpha value is -2.03. The molecule has 2 N–H and O–H groups in total. The first kappa shape index (κ1) is 19.3. The minimum atomic E-state index is -4.36. The Morgan fingerprint density at radius 2 is 2.08 bits per heavy atom. The number of urea groups is 1. The van der Waals surface area contributed by atoms with E-state index in [2.05, 4.69) is 25.3 Å². The molecule has 0 radical (unpaired) electrons. The largest absolute Gasteiger partial charge is 0.411 e. The Morgan fingerprint density at radius 1 is 1.36 bits per heavy atom. The molecule has 25 heavy (non-hydrogen) atoms. The summed E-state index contributed by atoms with van der Waals surface area (Å²) in [7, 11) is 0. The number of halogens is 3. The lowest BCUT2D eigenvalue weighted by atomic mass is 10.3. The predicted molar refractivity (Wildman–Crippen MR) is 87.4 cm³/mol. The highest BCUT2D eigenvalue weighted by atomic mass is 19.4. The summed E-state index contributed by atoms with van der Waals surface area (Å²) < 4.78 is 40.4. The SMILES string of the molecule is CC(COCC(F)(F)F)NC(=O)NCc1ccc(N2CCCC2)nc1. The fraction of sp³-hybridized carbons (Fsp3) is 0.625. The number of nitrogens with one attached hydrogen (secondary N) is 2. The number of amides is 2. The lowest BCUT2D eigenvalue weighted by Crippen LogP contribution is -2.42. The van der Waals surface area contributed by atoms with Gasteiger partial charge in [0.25, 0.3) is 0 Å². The van der Waals surface area contributed by atoms with Crippen LogP contribution in [0.5, 0.6) is 0 Å². The van der Waals surface area contributed by atoms with Crippen LogP contribution in [0, 0.1) is 0 Å². The quantitative estimate of drug-likeness (QED) is 0.784. The van der Waals surface area contributed by atoms with Crippen molar-refractivity contribution in [1.82, 2.24) is 15.6 Å². The minimum absolute atomic E-state index is 0.209. The highest BCUT2D eigenvalue weighted by molar-refractivity contribution is 5.74. The van der Waals surface area contributed by atoms with Gasteiger partial charge in [-0.05, 0) is 31.4 Å². The molecule has 2 amide bonds. The number of pyridine rings is 1. The molecule has 140 valence electrons. The van der Waals surface area contributed by atoms with Crippen LogP contribution in [0.1, 0.15) is 25.3 Å². The lowest BCUT2D eigenvalue weighted by molar-refractivity contribution is -0.174. The summed E-state index contributed by atoms with van der Waals surface area (Å²) in [5.74, 6) is 0.932. The van der Waals surface area contributed by atoms with Crippen molar-refractivity contribution >= 4 is 11.8 Å². The standard InChI is InChI=1S/C16H23F3N4O2/c1-12(10-25-11-16(17,18)19)22-15(24)21-9-13-4-5-14(20-8-13)23-6-2-3-7-23/h4-5,8,12H,2-3,6-7,9-11H2,1H3,(H2,21,22,24). The molecule has 1 aliphatic rings. The fourth-order valence-electron chi connectivity index (χ4n) is 2.50. The molecule has 2 rings (SSSR count). The summed E-state index contributed by atoms with van der Waals surface area (Å²) in [5, 5.41) is 5.17. The molecule has 0 aliphatic carbocycles. The highest BCUT2D eigenvalue weighted by Gasteiger charge is 2.27. The van der Waals surface area contributed by atoms with Crippen LogP contribution in [0.3, 0.4) is 0 Å². The third kappa shape index (κ3) is 7.16. The number of nitrogens with zero attached hydrogens (tertiary/aromatic N) is 2. The van der Waals surface area contributed by atoms with Gasteiger partial charge in [-0.2, -0.15) is 13.2 Å². The zero-order chi connectivity index (χ0) is 18.3. The van der Waals surface area contributed by atoms with Gasteiger partial charge in [-0.25, -0.2) is 9.78 Å². The Balaban J connectivity index is 1.67. The molecule has 1 saturated heterocycles. The molecule has 1 fully saturated rings. The van der Waals surface area contributed by atoms with E-state index >= 15 is 0 Å². The number of alkyl halides is 3. The Kier molecular flexibility index (Phi) is 6.86. The Bertz CT molecular complexity index is 545. The van der Waals surface area contributed by atoms with E-state index in [4.69, 9.17) is 0 Å². The summed E-state index contributed by atoms with van der Waals surface area (Å²) in [4.78, 5) is 18.3. The number of ether oxygens (including phenoxy) is 1. The van der Waals surface area contributed by atoms with Gasteiger partial charge < -0.3 is 20.3 Å². The predicted octanol–water partition coefficient (Wildman–Crippen LogP) is 2.45. The molecule has 1 atom stereocenters. The molecule has 9 heteroatoms. The molecule has 1 aromatic rings. The zero-order valence-corrected chi connectivity index (χ0v) is 14.1. The van der Waals surface area contributed by atoms with Crippen LogP contribution in [0.15, 0.2) is 18.3 Å². The monoisotopic (exact) mass is 360 g/mol. The number of carbonyl (C=O) groups is 1. The second-order valence-corrected chi connectivity index (χ2v) is 6.08. The molecular formula is C16H23F3N4O2. The van der Waals surface area contributed by atoms with Crippen molar-refractivity contribution in [2.24, 2.45) is 0 Å². The van der Waals surface area contributed by atoms with Crippen molar-refractivity contribution in [2.45, 2.75) is 38.5 Å². The fourth-order valence-corrected chi connectivity index (χ4v) is 2.50. The lowest BCUT2D eigenvalue weighted by Gasteiger charge is -2.17. The van der Waals surface area contributed by atoms with Gasteiger partial charge in [-0.1, -0.05) is 6.07 Å². The third-order valence-corrected chi connectivity index (χ3v) is 3.70. The molecule has 1 aliphatic heterocycles. The van der Waals surface area contributed by atoms with Gasteiger partial charge in [0.1, 0.15) is 12.4 Å². The van der Waals surface area contributed by atoms with Crippen LogP contribution < -0.4 is 15.5 Å². The van der Waals surface area contributed by atoms with E-state index in [1.807, 2.05) is 12.1 Å². The number of rotatable bonds is 7. The molecule has 1 aromatic heterocycles. The van der Waals surface area contributed by atoms with Gasteiger partial charge in [-0.15, -0.1) is 0 Å². The normalized spacial score (nSPS) is 15.9. The van der Waals surface area contributed by atoms with E-state index in [0.29, 0.717) is 0 Å². The highest BCUT2D eigenvalue weighted by Crippen LogP contribution is 2.17. The maximum atomic E-state index is 12.0. The maximum absolute atomic E-state index is 12.0. The summed E-state index contributed by atoms with van der Waals surface area (Å²) in [6.45, 7) is 2.36. The second-order valence-electron chi connectivity index (χ2n) is 6.08. The van der Waals surface area contributed by atoms with Crippen molar-refractivity contribution in [1.29, 1.82) is 0 Å². The zero-order valence-electron chi connectivity index (χ0n) is 14.1. The first-order valence-corrected chi connectivity index (χ1v) is 8.22. The van der Waals surface area contributed by atoms with Gasteiger partial charge in [0.2, 0.25) is 0 Å². The summed E-state index contributed by atoms with van der Waals surface area (Å²) in [6.07, 6.45) is -0.300. The number of hydrogen-bond acceptors (Lipinski definition) is 4. The van der Waals surface area contributed by atoms with E-state index in [1.54, 1.807) is 13.1 Å². The van der Waals surface area contributed by atoms with E-state index in [1.165, 1.54) is 12.8 Å². The van der Waals surface area contributed by atoms with E-state index in [0.717, 1.165) is 24.5 Å². The summed E-state index contributed by atoms with van der Waals surface area (Å²) >= 11 is 0. The van der Waals surface area contributed by atoms with E-state index < -0.39 is 24.9 Å². The van der Waals surface area contributed by atoms with Crippen molar-refractivity contribution < 1.29 is 22.7 Å². The van der Waals surface area contributed by atoms with Crippen LogP contribution in [0.2, 0.25) is 0 Å². The van der Waals surface area contributed by atoms with Crippen molar-refractivity contribution in [3.8, 4) is 0 Å². The van der Waals surface area contributed by atoms with Crippen LogP contribution in [0.4, 0.5) is 23.8 Å². The van der Waals surface area contributed by atoms with Crippen LogP contribution >= 0.6 is 0 Å². The smallest absolute Gasteiger partial charge is 0.370 e. The average Bonchev–Trinajstić information content (AvgIpc) is 3.06. The molecule has 0 spiro atoms. The van der Waals surface area contributed by atoms with Crippen LogP contribution in [-0.4, -0.2) is 49.5 Å². The number of carbonyl (C=O) groups excluding carboxylic acids is 1.